The van der Waals surface area contributed by atoms with Gasteiger partial charge >= 0.3 is 0 Å². The van der Waals surface area contributed by atoms with Gasteiger partial charge in [0, 0.05) is 19.1 Å². The Morgan fingerprint density at radius 1 is 1.31 bits per heavy atom. The van der Waals surface area contributed by atoms with Crippen molar-refractivity contribution in [1.29, 1.82) is 0 Å². The van der Waals surface area contributed by atoms with Gasteiger partial charge in [0.1, 0.15) is 12.0 Å². The second-order valence-electron chi connectivity index (χ2n) is 4.12. The predicted molar refractivity (Wildman–Crippen MR) is 59.4 cm³/mol. The van der Waals surface area contributed by atoms with Gasteiger partial charge in [-0.1, -0.05) is 12.1 Å². The topological polar surface area (TPSA) is 24.1 Å². The largest absolute Gasteiger partial charge is 0.314 e. The van der Waals surface area contributed by atoms with Crippen molar-refractivity contribution >= 4 is 0 Å². The Hall–Kier alpha value is -1.00. The van der Waals surface area contributed by atoms with Crippen LogP contribution in [0.25, 0.3) is 0 Å². The van der Waals surface area contributed by atoms with Gasteiger partial charge in [-0.25, -0.2) is 8.78 Å². The van der Waals surface area contributed by atoms with E-state index >= 15 is 0 Å². The summed E-state index contributed by atoms with van der Waals surface area (Å²) in [7, 11) is 0. The van der Waals surface area contributed by atoms with Crippen LogP contribution in [0.4, 0.5) is 8.78 Å². The quantitative estimate of drug-likeness (QED) is 0.818. The lowest BCUT2D eigenvalue weighted by atomic mass is 10.0. The minimum absolute atomic E-state index is 0.0914. The number of benzene rings is 1. The highest BCUT2D eigenvalue weighted by atomic mass is 19.1. The van der Waals surface area contributed by atoms with Crippen molar-refractivity contribution < 1.29 is 8.78 Å². The smallest absolute Gasteiger partial charge is 0.128 e. The van der Waals surface area contributed by atoms with Crippen LogP contribution in [-0.4, -0.2) is 25.3 Å². The number of hydrogen-bond donors (Lipinski definition) is 2. The summed E-state index contributed by atoms with van der Waals surface area (Å²) in [6.07, 6.45) is -0.0447. The molecular weight excluding hydrogens is 210 g/mol. The molecule has 0 amide bonds. The summed E-state index contributed by atoms with van der Waals surface area (Å²) in [5, 5.41) is 6.18. The summed E-state index contributed by atoms with van der Waals surface area (Å²) in [6, 6.07) is 6.19. The van der Waals surface area contributed by atoms with Crippen LogP contribution in [0.3, 0.4) is 0 Å². The zero-order valence-corrected chi connectivity index (χ0v) is 9.05. The number of halogens is 2. The Morgan fingerprint density at radius 3 is 2.75 bits per heavy atom. The summed E-state index contributed by atoms with van der Waals surface area (Å²) in [6.45, 7) is 1.86. The van der Waals surface area contributed by atoms with Gasteiger partial charge in [-0.05, 0) is 30.7 Å². The van der Waals surface area contributed by atoms with E-state index in [4.69, 9.17) is 0 Å². The van der Waals surface area contributed by atoms with Crippen molar-refractivity contribution in [2.75, 3.05) is 13.1 Å². The van der Waals surface area contributed by atoms with Crippen LogP contribution < -0.4 is 10.6 Å². The van der Waals surface area contributed by atoms with Crippen LogP contribution in [0.5, 0.6) is 0 Å². The lowest BCUT2D eigenvalue weighted by molar-refractivity contribution is 0.202. The molecule has 1 aromatic rings. The van der Waals surface area contributed by atoms with E-state index in [0.29, 0.717) is 13.1 Å². The van der Waals surface area contributed by atoms with Crippen LogP contribution in [0.15, 0.2) is 24.3 Å². The van der Waals surface area contributed by atoms with E-state index in [9.17, 15) is 8.78 Å². The normalized spacial score (nSPS) is 25.6. The third-order valence-corrected chi connectivity index (χ3v) is 2.89. The molecule has 88 valence electrons. The lowest BCUT2D eigenvalue weighted by Crippen LogP contribution is -2.48. The molecule has 0 bridgehead atoms. The van der Waals surface area contributed by atoms with Crippen molar-refractivity contribution in [1.82, 2.24) is 10.6 Å². The highest BCUT2D eigenvalue weighted by molar-refractivity contribution is 5.15. The second-order valence-corrected chi connectivity index (χ2v) is 4.12. The Bertz CT molecular complexity index is 326. The summed E-state index contributed by atoms with van der Waals surface area (Å²) < 4.78 is 26.1. The summed E-state index contributed by atoms with van der Waals surface area (Å²) >= 11 is 0. The van der Waals surface area contributed by atoms with Gasteiger partial charge in [-0.2, -0.15) is 0 Å². The fourth-order valence-electron chi connectivity index (χ4n) is 1.90. The van der Waals surface area contributed by atoms with Crippen molar-refractivity contribution in [3.63, 3.8) is 0 Å². The van der Waals surface area contributed by atoms with Gasteiger partial charge < -0.3 is 10.6 Å². The minimum Gasteiger partial charge on any atom is -0.314 e. The van der Waals surface area contributed by atoms with Gasteiger partial charge in [0.25, 0.3) is 0 Å². The van der Waals surface area contributed by atoms with Crippen LogP contribution in [0.2, 0.25) is 0 Å². The van der Waals surface area contributed by atoms with Crippen molar-refractivity contribution in [3.05, 3.63) is 35.6 Å². The maximum Gasteiger partial charge on any atom is 0.128 e. The van der Waals surface area contributed by atoms with Crippen LogP contribution in [0.1, 0.15) is 12.0 Å². The first-order chi connectivity index (χ1) is 7.75. The third kappa shape index (κ3) is 3.00. The Kier molecular flexibility index (Phi) is 3.85. The molecule has 0 radical (unpaired) electrons. The molecule has 0 aliphatic carbocycles. The standard InChI is InChI=1S/C12H16F2N2/c13-10-3-1-9(2-4-10)7-16-12-5-6-15-8-11(12)14/h1-4,11-12,15-16H,5-8H2/t11-,12-/m0/s1. The molecule has 1 fully saturated rings. The second kappa shape index (κ2) is 5.37. The van der Waals surface area contributed by atoms with Gasteiger partial charge in [0.2, 0.25) is 0 Å². The first-order valence-corrected chi connectivity index (χ1v) is 5.58. The van der Waals surface area contributed by atoms with E-state index in [2.05, 4.69) is 10.6 Å². The van der Waals surface area contributed by atoms with E-state index in [-0.39, 0.29) is 11.9 Å². The summed E-state index contributed by atoms with van der Waals surface area (Å²) in [5.41, 5.74) is 0.979. The fourth-order valence-corrected chi connectivity index (χ4v) is 1.90. The molecule has 1 heterocycles. The predicted octanol–water partition coefficient (Wildman–Crippen LogP) is 1.62. The van der Waals surface area contributed by atoms with E-state index in [1.54, 1.807) is 12.1 Å². The Morgan fingerprint density at radius 2 is 2.06 bits per heavy atom. The molecule has 0 unspecified atom stereocenters. The average molecular weight is 226 g/mol. The molecule has 2 nitrogen and oxygen atoms in total. The van der Waals surface area contributed by atoms with E-state index in [0.717, 1.165) is 18.5 Å². The molecule has 1 aliphatic rings. The number of rotatable bonds is 3. The molecule has 1 saturated heterocycles. The number of alkyl halides is 1. The molecule has 1 aliphatic heterocycles. The Labute approximate surface area is 94.0 Å². The van der Waals surface area contributed by atoms with E-state index in [1.165, 1.54) is 12.1 Å². The van der Waals surface area contributed by atoms with Crippen molar-refractivity contribution in [2.24, 2.45) is 0 Å². The number of hydrogen-bond acceptors (Lipinski definition) is 2. The molecule has 1 aromatic carbocycles. The molecule has 0 saturated carbocycles. The number of nitrogens with one attached hydrogen (secondary N) is 2. The van der Waals surface area contributed by atoms with Crippen LogP contribution >= 0.6 is 0 Å². The van der Waals surface area contributed by atoms with Gasteiger partial charge in [-0.15, -0.1) is 0 Å². The molecule has 2 rings (SSSR count). The zero-order chi connectivity index (χ0) is 11.4. The molecule has 2 atom stereocenters. The SMILES string of the molecule is Fc1ccc(CN[C@H]2CCNC[C@@H]2F)cc1. The van der Waals surface area contributed by atoms with Crippen molar-refractivity contribution in [3.8, 4) is 0 Å². The summed E-state index contributed by atoms with van der Waals surface area (Å²) in [5.74, 6) is -0.242. The summed E-state index contributed by atoms with van der Waals surface area (Å²) in [4.78, 5) is 0. The number of piperidine rings is 1. The fraction of sp³-hybridized carbons (Fsp3) is 0.500. The first-order valence-electron chi connectivity index (χ1n) is 5.58. The van der Waals surface area contributed by atoms with E-state index in [1.807, 2.05) is 0 Å². The first kappa shape index (κ1) is 11.5. The van der Waals surface area contributed by atoms with Gasteiger partial charge in [0.15, 0.2) is 0 Å². The van der Waals surface area contributed by atoms with Gasteiger partial charge in [0.05, 0.1) is 0 Å². The molecule has 4 heteroatoms. The minimum atomic E-state index is -0.839. The molecular formula is C12H16F2N2. The zero-order valence-electron chi connectivity index (χ0n) is 9.05. The third-order valence-electron chi connectivity index (χ3n) is 2.89. The van der Waals surface area contributed by atoms with Crippen molar-refractivity contribution in [2.45, 2.75) is 25.2 Å². The van der Waals surface area contributed by atoms with Gasteiger partial charge in [-0.3, -0.25) is 0 Å². The molecule has 0 aromatic heterocycles. The lowest BCUT2D eigenvalue weighted by Gasteiger charge is -2.27. The highest BCUT2D eigenvalue weighted by Crippen LogP contribution is 2.09. The maximum absolute atomic E-state index is 13.4. The highest BCUT2D eigenvalue weighted by Gasteiger charge is 2.23. The Balaban J connectivity index is 1.84. The maximum atomic E-state index is 13.4. The average Bonchev–Trinajstić information content (AvgIpc) is 2.30. The molecule has 2 N–H and O–H groups in total. The molecule has 16 heavy (non-hydrogen) atoms. The monoisotopic (exact) mass is 226 g/mol. The van der Waals surface area contributed by atoms with Crippen LogP contribution in [0, 0.1) is 5.82 Å². The molecule has 0 spiro atoms. The van der Waals surface area contributed by atoms with E-state index < -0.39 is 6.17 Å². The van der Waals surface area contributed by atoms with Crippen LogP contribution in [-0.2, 0) is 6.54 Å².